The van der Waals surface area contributed by atoms with Crippen molar-refractivity contribution in [3.8, 4) is 0 Å². The number of aromatic nitrogens is 1. The van der Waals surface area contributed by atoms with Crippen molar-refractivity contribution in [3.05, 3.63) is 64.4 Å². The Hall–Kier alpha value is -1.71. The van der Waals surface area contributed by atoms with Crippen LogP contribution in [0, 0.1) is 6.92 Å². The van der Waals surface area contributed by atoms with Gasteiger partial charge in [0, 0.05) is 29.5 Å². The molecule has 0 radical (unpaired) electrons. The molecule has 0 saturated carbocycles. The molecule has 1 heterocycles. The largest absolute Gasteiger partial charge is 0.303 e. The Morgan fingerprint density at radius 3 is 2.65 bits per heavy atom. The van der Waals surface area contributed by atoms with Gasteiger partial charge in [0.1, 0.15) is 0 Å². The Morgan fingerprint density at radius 2 is 2.00 bits per heavy atom. The summed E-state index contributed by atoms with van der Waals surface area (Å²) in [5.41, 5.74) is 2.70. The standard InChI is InChI=1S/C16H17ClN2O/c1-11-9-14(3-4-15(11)17)16(20)12(2)19-10-13-5-7-18-8-6-13/h3-9,12,19H,10H2,1-2H3. The molecule has 0 bridgehead atoms. The van der Waals surface area contributed by atoms with Crippen LogP contribution >= 0.6 is 11.6 Å². The van der Waals surface area contributed by atoms with E-state index < -0.39 is 0 Å². The van der Waals surface area contributed by atoms with Crippen molar-refractivity contribution in [1.29, 1.82) is 0 Å². The van der Waals surface area contributed by atoms with E-state index in [1.807, 2.05) is 32.0 Å². The summed E-state index contributed by atoms with van der Waals surface area (Å²) in [7, 11) is 0. The predicted octanol–water partition coefficient (Wildman–Crippen LogP) is 3.40. The Labute approximate surface area is 124 Å². The van der Waals surface area contributed by atoms with Gasteiger partial charge in [-0.05, 0) is 55.3 Å². The predicted molar refractivity (Wildman–Crippen MR) is 81.1 cm³/mol. The number of carbonyl (C=O) groups is 1. The van der Waals surface area contributed by atoms with Crippen LogP contribution in [0.3, 0.4) is 0 Å². The van der Waals surface area contributed by atoms with E-state index in [-0.39, 0.29) is 11.8 Å². The van der Waals surface area contributed by atoms with Crippen molar-refractivity contribution in [2.45, 2.75) is 26.4 Å². The summed E-state index contributed by atoms with van der Waals surface area (Å²) >= 11 is 5.97. The van der Waals surface area contributed by atoms with Gasteiger partial charge in [0.25, 0.3) is 0 Å². The Morgan fingerprint density at radius 1 is 1.30 bits per heavy atom. The number of ketones is 1. The van der Waals surface area contributed by atoms with E-state index in [9.17, 15) is 4.79 Å². The Kier molecular flexibility index (Phi) is 4.88. The lowest BCUT2D eigenvalue weighted by Gasteiger charge is -2.13. The molecular formula is C16H17ClN2O. The van der Waals surface area contributed by atoms with Gasteiger partial charge in [-0.3, -0.25) is 9.78 Å². The average molecular weight is 289 g/mol. The molecular weight excluding hydrogens is 272 g/mol. The molecule has 1 N–H and O–H groups in total. The molecule has 20 heavy (non-hydrogen) atoms. The molecule has 1 unspecified atom stereocenters. The maximum Gasteiger partial charge on any atom is 0.179 e. The van der Waals surface area contributed by atoms with Gasteiger partial charge < -0.3 is 5.32 Å². The smallest absolute Gasteiger partial charge is 0.179 e. The molecule has 104 valence electrons. The van der Waals surface area contributed by atoms with Crippen LogP contribution < -0.4 is 5.32 Å². The zero-order valence-corrected chi connectivity index (χ0v) is 12.3. The van der Waals surface area contributed by atoms with Crippen molar-refractivity contribution in [3.63, 3.8) is 0 Å². The van der Waals surface area contributed by atoms with Crippen LogP contribution in [0.1, 0.15) is 28.4 Å². The molecule has 0 amide bonds. The number of carbonyl (C=O) groups excluding carboxylic acids is 1. The van der Waals surface area contributed by atoms with Gasteiger partial charge in [-0.15, -0.1) is 0 Å². The first-order valence-electron chi connectivity index (χ1n) is 6.50. The molecule has 1 atom stereocenters. The zero-order chi connectivity index (χ0) is 14.5. The monoisotopic (exact) mass is 288 g/mol. The van der Waals surface area contributed by atoms with Crippen LogP contribution in [0.2, 0.25) is 5.02 Å². The summed E-state index contributed by atoms with van der Waals surface area (Å²) in [6.45, 7) is 4.41. The summed E-state index contributed by atoms with van der Waals surface area (Å²) in [5, 5.41) is 3.90. The van der Waals surface area contributed by atoms with E-state index in [1.54, 1.807) is 24.5 Å². The summed E-state index contributed by atoms with van der Waals surface area (Å²) in [5.74, 6) is 0.0684. The SMILES string of the molecule is Cc1cc(C(=O)C(C)NCc2ccncc2)ccc1Cl. The number of hydrogen-bond acceptors (Lipinski definition) is 3. The maximum atomic E-state index is 12.3. The van der Waals surface area contributed by atoms with Crippen LogP contribution in [-0.2, 0) is 6.54 Å². The van der Waals surface area contributed by atoms with E-state index in [2.05, 4.69) is 10.3 Å². The fourth-order valence-electron chi connectivity index (χ4n) is 1.91. The van der Waals surface area contributed by atoms with E-state index in [1.165, 1.54) is 0 Å². The summed E-state index contributed by atoms with van der Waals surface area (Å²) in [6.07, 6.45) is 3.48. The third kappa shape index (κ3) is 3.65. The highest BCUT2D eigenvalue weighted by molar-refractivity contribution is 6.31. The minimum absolute atomic E-state index is 0.0684. The van der Waals surface area contributed by atoms with Crippen molar-refractivity contribution in [2.24, 2.45) is 0 Å². The molecule has 0 aliphatic heterocycles. The third-order valence-corrected chi connectivity index (χ3v) is 3.62. The van der Waals surface area contributed by atoms with Gasteiger partial charge in [-0.25, -0.2) is 0 Å². The Balaban J connectivity index is 1.99. The first-order valence-corrected chi connectivity index (χ1v) is 6.88. The van der Waals surface area contributed by atoms with Gasteiger partial charge in [-0.1, -0.05) is 11.6 Å². The number of halogens is 1. The third-order valence-electron chi connectivity index (χ3n) is 3.20. The van der Waals surface area contributed by atoms with Crippen molar-refractivity contribution in [2.75, 3.05) is 0 Å². The first kappa shape index (κ1) is 14.7. The molecule has 0 fully saturated rings. The summed E-state index contributed by atoms with van der Waals surface area (Å²) in [6, 6.07) is 8.97. The van der Waals surface area contributed by atoms with E-state index in [0.717, 1.165) is 11.1 Å². The maximum absolute atomic E-state index is 12.3. The molecule has 1 aromatic heterocycles. The lowest BCUT2D eigenvalue weighted by atomic mass is 10.0. The van der Waals surface area contributed by atoms with E-state index in [0.29, 0.717) is 17.1 Å². The number of hydrogen-bond donors (Lipinski definition) is 1. The van der Waals surface area contributed by atoms with Crippen molar-refractivity contribution in [1.82, 2.24) is 10.3 Å². The lowest BCUT2D eigenvalue weighted by Crippen LogP contribution is -2.33. The molecule has 0 spiro atoms. The van der Waals surface area contributed by atoms with Crippen LogP contribution in [-0.4, -0.2) is 16.8 Å². The number of nitrogens with zero attached hydrogens (tertiary/aromatic N) is 1. The fourth-order valence-corrected chi connectivity index (χ4v) is 2.03. The highest BCUT2D eigenvalue weighted by Gasteiger charge is 2.15. The van der Waals surface area contributed by atoms with Crippen LogP contribution in [0.25, 0.3) is 0 Å². The second-order valence-electron chi connectivity index (χ2n) is 4.79. The number of aryl methyl sites for hydroxylation is 1. The molecule has 4 heteroatoms. The number of rotatable bonds is 5. The van der Waals surface area contributed by atoms with Crippen molar-refractivity contribution < 1.29 is 4.79 Å². The molecule has 0 aliphatic rings. The highest BCUT2D eigenvalue weighted by Crippen LogP contribution is 2.17. The highest BCUT2D eigenvalue weighted by atomic mass is 35.5. The number of Topliss-reactive ketones (excluding diaryl/α,β-unsaturated/α-hetero) is 1. The van der Waals surface area contributed by atoms with Gasteiger partial charge in [0.2, 0.25) is 0 Å². The number of nitrogens with one attached hydrogen (secondary N) is 1. The number of benzene rings is 1. The summed E-state index contributed by atoms with van der Waals surface area (Å²) < 4.78 is 0. The molecule has 1 aromatic carbocycles. The quantitative estimate of drug-likeness (QED) is 0.858. The van der Waals surface area contributed by atoms with Gasteiger partial charge in [0.15, 0.2) is 5.78 Å². The minimum atomic E-state index is -0.247. The van der Waals surface area contributed by atoms with Gasteiger partial charge >= 0.3 is 0 Å². The number of pyridine rings is 1. The Bertz CT molecular complexity index is 599. The molecule has 0 aliphatic carbocycles. The minimum Gasteiger partial charge on any atom is -0.303 e. The molecule has 3 nitrogen and oxygen atoms in total. The fraction of sp³-hybridized carbons (Fsp3) is 0.250. The van der Waals surface area contributed by atoms with E-state index >= 15 is 0 Å². The second-order valence-corrected chi connectivity index (χ2v) is 5.19. The average Bonchev–Trinajstić information content (AvgIpc) is 2.48. The van der Waals surface area contributed by atoms with Gasteiger partial charge in [0.05, 0.1) is 6.04 Å². The first-order chi connectivity index (χ1) is 9.58. The van der Waals surface area contributed by atoms with E-state index in [4.69, 9.17) is 11.6 Å². The lowest BCUT2D eigenvalue weighted by molar-refractivity contribution is 0.0950. The summed E-state index contributed by atoms with van der Waals surface area (Å²) in [4.78, 5) is 16.3. The van der Waals surface area contributed by atoms with Crippen molar-refractivity contribution >= 4 is 17.4 Å². The molecule has 2 rings (SSSR count). The second kappa shape index (κ2) is 6.64. The van der Waals surface area contributed by atoms with Gasteiger partial charge in [-0.2, -0.15) is 0 Å². The van der Waals surface area contributed by atoms with Crippen LogP contribution in [0.15, 0.2) is 42.7 Å². The normalized spacial score (nSPS) is 12.2. The van der Waals surface area contributed by atoms with Crippen LogP contribution in [0.4, 0.5) is 0 Å². The molecule has 2 aromatic rings. The topological polar surface area (TPSA) is 42.0 Å². The molecule has 0 saturated heterocycles. The van der Waals surface area contributed by atoms with Crippen LogP contribution in [0.5, 0.6) is 0 Å². The zero-order valence-electron chi connectivity index (χ0n) is 11.6.